The van der Waals surface area contributed by atoms with Gasteiger partial charge in [0.2, 0.25) is 6.17 Å². The molecule has 0 spiro atoms. The van der Waals surface area contributed by atoms with Gasteiger partial charge in [0.05, 0.1) is 22.5 Å². The van der Waals surface area contributed by atoms with Crippen molar-refractivity contribution in [1.29, 1.82) is 0 Å². The van der Waals surface area contributed by atoms with E-state index in [0.717, 1.165) is 0 Å². The number of anilines is 2. The molecule has 3 amide bonds. The summed E-state index contributed by atoms with van der Waals surface area (Å²) >= 11 is 6.17. The van der Waals surface area contributed by atoms with Crippen LogP contribution in [-0.4, -0.2) is 30.9 Å². The number of amides is 3. The van der Waals surface area contributed by atoms with Crippen LogP contribution in [0.5, 0.6) is 0 Å². The lowest BCUT2D eigenvalue weighted by molar-refractivity contribution is -0.143. The van der Waals surface area contributed by atoms with Gasteiger partial charge in [-0.3, -0.25) is 4.79 Å². The van der Waals surface area contributed by atoms with Crippen molar-refractivity contribution < 1.29 is 35.9 Å². The predicted octanol–water partition coefficient (Wildman–Crippen LogP) is 6.34. The molecule has 3 aromatic carbocycles. The van der Waals surface area contributed by atoms with Gasteiger partial charge in [0.25, 0.3) is 5.91 Å². The summed E-state index contributed by atoms with van der Waals surface area (Å²) in [5, 5.41) is 4.52. The van der Waals surface area contributed by atoms with Crippen molar-refractivity contribution in [3.8, 4) is 0 Å². The number of hydrogen-bond donors (Lipinski definition) is 2. The number of nitrogens with zero attached hydrogens (tertiary/aromatic N) is 2. The highest BCUT2D eigenvalue weighted by Crippen LogP contribution is 2.37. The van der Waals surface area contributed by atoms with Crippen molar-refractivity contribution in [1.82, 2.24) is 5.32 Å². The fourth-order valence-corrected chi connectivity index (χ4v) is 3.96. The number of hydrogen-bond acceptors (Lipinski definition) is 3. The third-order valence-corrected chi connectivity index (χ3v) is 5.79. The molecule has 1 aliphatic heterocycles. The first-order valence-electron chi connectivity index (χ1n) is 10.8. The summed E-state index contributed by atoms with van der Waals surface area (Å²) < 4.78 is 79.1. The molecule has 0 saturated heterocycles. The zero-order chi connectivity index (χ0) is 27.8. The number of halogens is 7. The number of likely N-dealkylation sites (N-methyl/N-ethyl adjacent to an activating group) is 1. The topological polar surface area (TPSA) is 73.8 Å². The molecule has 13 heteroatoms. The second-order valence-corrected chi connectivity index (χ2v) is 8.63. The van der Waals surface area contributed by atoms with Crippen LogP contribution in [0.3, 0.4) is 0 Å². The number of carbonyl (C=O) groups excluding carboxylic acids is 2. The third kappa shape index (κ3) is 5.75. The van der Waals surface area contributed by atoms with Crippen LogP contribution in [0.2, 0.25) is 5.02 Å². The molecule has 1 unspecified atom stereocenters. The van der Waals surface area contributed by atoms with Crippen LogP contribution in [0, 0.1) is 0 Å². The molecule has 0 radical (unpaired) electrons. The number of fused-ring (bicyclic) bond motifs is 1. The molecule has 198 valence electrons. The van der Waals surface area contributed by atoms with Crippen LogP contribution in [0.4, 0.5) is 42.5 Å². The van der Waals surface area contributed by atoms with Crippen LogP contribution in [-0.2, 0) is 17.1 Å². The smallest absolute Gasteiger partial charge is 0.311 e. The van der Waals surface area contributed by atoms with Crippen LogP contribution in [0.1, 0.15) is 22.3 Å². The number of benzodiazepines with no additional fused rings is 1. The summed E-state index contributed by atoms with van der Waals surface area (Å²) in [6, 6.07) is 12.7. The Morgan fingerprint density at radius 1 is 0.921 bits per heavy atom. The Morgan fingerprint density at radius 2 is 1.53 bits per heavy atom. The zero-order valence-electron chi connectivity index (χ0n) is 19.3. The Hall–Kier alpha value is -4.06. The van der Waals surface area contributed by atoms with Crippen LogP contribution < -0.4 is 15.5 Å². The van der Waals surface area contributed by atoms with E-state index < -0.39 is 47.3 Å². The minimum Gasteiger partial charge on any atom is -0.311 e. The first kappa shape index (κ1) is 27.0. The van der Waals surface area contributed by atoms with Crippen molar-refractivity contribution in [2.24, 2.45) is 4.99 Å². The quantitative estimate of drug-likeness (QED) is 0.371. The van der Waals surface area contributed by atoms with Gasteiger partial charge in [-0.25, -0.2) is 9.79 Å². The van der Waals surface area contributed by atoms with Crippen molar-refractivity contribution >= 4 is 40.6 Å². The van der Waals surface area contributed by atoms with E-state index in [1.54, 1.807) is 48.5 Å². The number of nitrogens with one attached hydrogen (secondary N) is 2. The molecule has 0 fully saturated rings. The van der Waals surface area contributed by atoms with Gasteiger partial charge in [-0.05, 0) is 36.4 Å². The Labute approximate surface area is 216 Å². The number of rotatable bonds is 3. The lowest BCUT2D eigenvalue weighted by Gasteiger charge is -2.21. The molecular weight excluding hydrogens is 538 g/mol. The number of urea groups is 1. The van der Waals surface area contributed by atoms with E-state index in [9.17, 15) is 35.9 Å². The number of carbonyl (C=O) groups is 2. The van der Waals surface area contributed by atoms with E-state index in [0.29, 0.717) is 34.0 Å². The molecule has 0 aromatic heterocycles. The van der Waals surface area contributed by atoms with Crippen LogP contribution in [0.15, 0.2) is 71.7 Å². The molecule has 2 N–H and O–H groups in total. The molecule has 0 saturated carbocycles. The molecule has 38 heavy (non-hydrogen) atoms. The third-order valence-electron chi connectivity index (χ3n) is 5.56. The fraction of sp³-hybridized carbons (Fsp3) is 0.160. The van der Waals surface area contributed by atoms with E-state index in [4.69, 9.17) is 11.6 Å². The van der Waals surface area contributed by atoms with Gasteiger partial charge >= 0.3 is 18.4 Å². The highest BCUT2D eigenvalue weighted by atomic mass is 35.5. The van der Waals surface area contributed by atoms with Crippen LogP contribution in [0.25, 0.3) is 0 Å². The Balaban J connectivity index is 1.70. The molecule has 0 bridgehead atoms. The lowest BCUT2D eigenvalue weighted by Crippen LogP contribution is -2.47. The molecule has 6 nitrogen and oxygen atoms in total. The maximum absolute atomic E-state index is 13.2. The maximum atomic E-state index is 13.2. The van der Waals surface area contributed by atoms with Crippen molar-refractivity contribution in [2.45, 2.75) is 18.5 Å². The SMILES string of the molecule is CN1C(=O)C(NC(=O)Nc2cc(C(F)(F)F)cc(C(F)(F)F)c2)N=C(c2ccccc2)c2cc(Cl)ccc21. The first-order chi connectivity index (χ1) is 17.7. The number of benzene rings is 3. The average Bonchev–Trinajstić information content (AvgIpc) is 2.93. The lowest BCUT2D eigenvalue weighted by atomic mass is 10.0. The van der Waals surface area contributed by atoms with E-state index >= 15 is 0 Å². The molecule has 1 atom stereocenters. The Bertz CT molecular complexity index is 1390. The Morgan fingerprint density at radius 3 is 2.11 bits per heavy atom. The average molecular weight is 555 g/mol. The highest BCUT2D eigenvalue weighted by molar-refractivity contribution is 6.32. The van der Waals surface area contributed by atoms with Gasteiger partial charge in [0.15, 0.2) is 0 Å². The minimum atomic E-state index is -5.10. The minimum absolute atomic E-state index is 0.0638. The summed E-state index contributed by atoms with van der Waals surface area (Å²) in [5.74, 6) is -0.713. The van der Waals surface area contributed by atoms with Gasteiger partial charge in [-0.1, -0.05) is 41.9 Å². The zero-order valence-corrected chi connectivity index (χ0v) is 20.0. The molecule has 0 aliphatic carbocycles. The largest absolute Gasteiger partial charge is 0.416 e. The fourth-order valence-electron chi connectivity index (χ4n) is 3.78. The first-order valence-corrected chi connectivity index (χ1v) is 11.2. The van der Waals surface area contributed by atoms with Gasteiger partial charge in [0, 0.05) is 28.9 Å². The van der Waals surface area contributed by atoms with E-state index in [2.05, 4.69) is 10.3 Å². The van der Waals surface area contributed by atoms with Crippen LogP contribution >= 0.6 is 11.6 Å². The summed E-state index contributed by atoms with van der Waals surface area (Å²) in [7, 11) is 1.42. The molecule has 3 aromatic rings. The van der Waals surface area contributed by atoms with Gasteiger partial charge in [-0.15, -0.1) is 0 Å². The second-order valence-electron chi connectivity index (χ2n) is 8.20. The summed E-state index contributed by atoms with van der Waals surface area (Å²) in [4.78, 5) is 31.5. The van der Waals surface area contributed by atoms with Crippen molar-refractivity contribution in [3.63, 3.8) is 0 Å². The standard InChI is InChI=1S/C25H17ClF6N4O2/c1-36-19-8-7-16(26)12-18(19)20(13-5-3-2-4-6-13)34-21(22(36)37)35-23(38)33-17-10-14(24(27,28)29)9-15(11-17)25(30,31)32/h2-12,21H,1H3,(H2,33,35,38). The maximum Gasteiger partial charge on any atom is 0.416 e. The normalized spacial score (nSPS) is 15.9. The monoisotopic (exact) mass is 554 g/mol. The number of aliphatic imine (C=N–C) groups is 1. The van der Waals surface area contributed by atoms with E-state index in [1.807, 2.05) is 5.32 Å². The van der Waals surface area contributed by atoms with Gasteiger partial charge in [0.1, 0.15) is 0 Å². The van der Waals surface area contributed by atoms with Gasteiger partial charge < -0.3 is 15.5 Å². The second kappa shape index (κ2) is 10.0. The number of alkyl halides is 6. The summed E-state index contributed by atoms with van der Waals surface area (Å²) in [6.45, 7) is 0. The summed E-state index contributed by atoms with van der Waals surface area (Å²) in [6.07, 6.45) is -11.8. The molecule has 4 rings (SSSR count). The molecule has 1 aliphatic rings. The van der Waals surface area contributed by atoms with E-state index in [-0.39, 0.29) is 11.8 Å². The molecular formula is C25H17ClF6N4O2. The van der Waals surface area contributed by atoms with Gasteiger partial charge in [-0.2, -0.15) is 26.3 Å². The summed E-state index contributed by atoms with van der Waals surface area (Å²) in [5.41, 5.74) is -2.25. The van der Waals surface area contributed by atoms with E-state index in [1.165, 1.54) is 11.9 Å². The predicted molar refractivity (Wildman–Crippen MR) is 129 cm³/mol. The van der Waals surface area contributed by atoms with Crippen molar-refractivity contribution in [3.05, 3.63) is 94.0 Å². The highest BCUT2D eigenvalue weighted by Gasteiger charge is 2.37. The van der Waals surface area contributed by atoms with Crippen molar-refractivity contribution in [2.75, 3.05) is 17.3 Å². The Kier molecular flexibility index (Phi) is 7.11. The molecule has 1 heterocycles.